The van der Waals surface area contributed by atoms with Crippen LogP contribution in [0.1, 0.15) is 40.4 Å². The summed E-state index contributed by atoms with van der Waals surface area (Å²) in [6.07, 6.45) is 4.90. The molecule has 9 heteroatoms. The van der Waals surface area contributed by atoms with E-state index in [9.17, 15) is 14.4 Å². The van der Waals surface area contributed by atoms with Gasteiger partial charge in [-0.25, -0.2) is 4.98 Å². The summed E-state index contributed by atoms with van der Waals surface area (Å²) in [5.41, 5.74) is 2.71. The van der Waals surface area contributed by atoms with Crippen LogP contribution in [0, 0.1) is 6.92 Å². The Kier molecular flexibility index (Phi) is 6.65. The minimum Gasteiger partial charge on any atom is -0.446 e. The second-order valence-electron chi connectivity index (χ2n) is 8.14. The van der Waals surface area contributed by atoms with Crippen molar-refractivity contribution < 1.29 is 14.0 Å². The van der Waals surface area contributed by atoms with Crippen molar-refractivity contribution in [2.45, 2.75) is 26.3 Å². The molecule has 1 atom stereocenters. The lowest BCUT2D eigenvalue weighted by Crippen LogP contribution is -2.36. The number of nitrogens with zero attached hydrogens (tertiary/aromatic N) is 3. The number of oxazole rings is 1. The summed E-state index contributed by atoms with van der Waals surface area (Å²) in [5, 5.41) is 3.59. The highest BCUT2D eigenvalue weighted by Gasteiger charge is 2.28. The first-order valence-corrected chi connectivity index (χ1v) is 11.7. The van der Waals surface area contributed by atoms with Crippen molar-refractivity contribution in [2.24, 2.45) is 7.05 Å². The zero-order chi connectivity index (χ0) is 24.4. The van der Waals surface area contributed by atoms with Gasteiger partial charge in [-0.15, -0.1) is 11.3 Å². The molecular weight excluding hydrogens is 452 g/mol. The predicted molar refractivity (Wildman–Crippen MR) is 132 cm³/mol. The van der Waals surface area contributed by atoms with E-state index in [2.05, 4.69) is 10.3 Å². The monoisotopic (exact) mass is 478 g/mol. The maximum Gasteiger partial charge on any atom is 0.264 e. The van der Waals surface area contributed by atoms with Crippen LogP contribution in [-0.4, -0.2) is 39.9 Å². The van der Waals surface area contributed by atoms with Gasteiger partial charge in [-0.1, -0.05) is 6.07 Å². The average molecular weight is 479 g/mol. The van der Waals surface area contributed by atoms with Crippen molar-refractivity contribution in [1.29, 1.82) is 0 Å². The van der Waals surface area contributed by atoms with Crippen LogP contribution in [0.15, 0.2) is 58.3 Å². The molecule has 4 rings (SSSR count). The Morgan fingerprint density at radius 2 is 2.00 bits per heavy atom. The Balaban J connectivity index is 1.71. The molecule has 0 aliphatic rings. The van der Waals surface area contributed by atoms with E-state index in [0.29, 0.717) is 10.6 Å². The molecule has 3 aromatic heterocycles. The number of hydrogen-bond donors (Lipinski definition) is 1. The minimum atomic E-state index is -0.384. The Bertz CT molecular complexity index is 1400. The minimum absolute atomic E-state index is 0.0675. The lowest BCUT2D eigenvalue weighted by Gasteiger charge is -2.27. The van der Waals surface area contributed by atoms with Gasteiger partial charge in [0, 0.05) is 44.0 Å². The van der Waals surface area contributed by atoms with E-state index in [0.717, 1.165) is 26.8 Å². The molecule has 1 unspecified atom stereocenters. The second kappa shape index (κ2) is 9.64. The lowest BCUT2D eigenvalue weighted by atomic mass is 10.0. The van der Waals surface area contributed by atoms with Crippen molar-refractivity contribution in [2.75, 3.05) is 13.6 Å². The summed E-state index contributed by atoms with van der Waals surface area (Å²) < 4.78 is 7.98. The molecule has 0 spiro atoms. The Hall–Kier alpha value is -3.72. The molecule has 176 valence electrons. The van der Waals surface area contributed by atoms with E-state index >= 15 is 0 Å². The summed E-state index contributed by atoms with van der Waals surface area (Å²) in [5.74, 6) is 0.258. The van der Waals surface area contributed by atoms with Gasteiger partial charge in [-0.3, -0.25) is 14.4 Å². The molecule has 2 amide bonds. The van der Waals surface area contributed by atoms with Gasteiger partial charge < -0.3 is 19.2 Å². The zero-order valence-corrected chi connectivity index (χ0v) is 20.3. The van der Waals surface area contributed by atoms with Crippen LogP contribution in [0.4, 0.5) is 0 Å². The zero-order valence-electron chi connectivity index (χ0n) is 19.5. The number of amides is 2. The fraction of sp³-hybridized carbons (Fsp3) is 0.280. The third kappa shape index (κ3) is 4.51. The number of nitrogens with one attached hydrogen (secondary N) is 1. The molecule has 0 saturated heterocycles. The van der Waals surface area contributed by atoms with Gasteiger partial charge in [0.15, 0.2) is 6.39 Å². The first kappa shape index (κ1) is 23.4. The van der Waals surface area contributed by atoms with Gasteiger partial charge >= 0.3 is 0 Å². The van der Waals surface area contributed by atoms with Gasteiger partial charge in [-0.2, -0.15) is 0 Å². The first-order valence-electron chi connectivity index (χ1n) is 10.9. The molecule has 8 nitrogen and oxygen atoms in total. The van der Waals surface area contributed by atoms with Gasteiger partial charge in [0.05, 0.1) is 17.1 Å². The van der Waals surface area contributed by atoms with Crippen LogP contribution >= 0.6 is 11.3 Å². The van der Waals surface area contributed by atoms with Crippen molar-refractivity contribution >= 4 is 33.2 Å². The van der Waals surface area contributed by atoms with Gasteiger partial charge in [-0.05, 0) is 54.1 Å². The van der Waals surface area contributed by atoms with Crippen LogP contribution in [0.5, 0.6) is 0 Å². The molecule has 0 radical (unpaired) electrons. The number of pyridine rings is 1. The van der Waals surface area contributed by atoms with Gasteiger partial charge in [0.2, 0.25) is 11.5 Å². The summed E-state index contributed by atoms with van der Waals surface area (Å²) in [7, 11) is 3.30. The van der Waals surface area contributed by atoms with Crippen molar-refractivity contribution in [3.8, 4) is 11.1 Å². The second-order valence-corrected chi connectivity index (χ2v) is 9.19. The predicted octanol–water partition coefficient (Wildman–Crippen LogP) is 3.90. The van der Waals surface area contributed by atoms with Crippen LogP contribution in [-0.2, 0) is 11.8 Å². The molecule has 4 aromatic rings. The molecule has 34 heavy (non-hydrogen) atoms. The third-order valence-electron chi connectivity index (χ3n) is 6.00. The molecule has 0 aliphatic heterocycles. The quantitative estimate of drug-likeness (QED) is 0.434. The topological polar surface area (TPSA) is 97.4 Å². The largest absolute Gasteiger partial charge is 0.446 e. The molecule has 0 bridgehead atoms. The number of carbonyl (C=O) groups excluding carboxylic acids is 2. The molecule has 1 aromatic carbocycles. The highest BCUT2D eigenvalue weighted by atomic mass is 32.1. The highest BCUT2D eigenvalue weighted by Crippen LogP contribution is 2.36. The van der Waals surface area contributed by atoms with Gasteiger partial charge in [0.1, 0.15) is 5.76 Å². The van der Waals surface area contributed by atoms with Gasteiger partial charge in [0.25, 0.3) is 5.91 Å². The summed E-state index contributed by atoms with van der Waals surface area (Å²) in [4.78, 5) is 43.6. The number of aryl methyl sites for hydroxylation is 2. The standard InChI is InChI=1S/C25H26N4O4S/c1-15-19-11-17(18-6-8-23(31)28(4)13-18)5-7-21(19)34-24(15)25(32)29(10-9-22(30)26-3)16(2)20-12-27-14-33-20/h5-8,11-14,16H,9-10H2,1-4H3,(H,26,30). The molecule has 0 fully saturated rings. The normalized spacial score (nSPS) is 12.0. The number of aromatic nitrogens is 2. The Labute approximate surface area is 200 Å². The third-order valence-corrected chi connectivity index (χ3v) is 7.26. The first-order chi connectivity index (χ1) is 16.3. The Morgan fingerprint density at radius 3 is 2.68 bits per heavy atom. The molecule has 3 heterocycles. The molecule has 0 saturated carbocycles. The fourth-order valence-corrected chi connectivity index (χ4v) is 5.05. The van der Waals surface area contributed by atoms with E-state index < -0.39 is 0 Å². The number of fused-ring (bicyclic) bond motifs is 1. The lowest BCUT2D eigenvalue weighted by molar-refractivity contribution is -0.120. The summed E-state index contributed by atoms with van der Waals surface area (Å²) in [6.45, 7) is 4.05. The SMILES string of the molecule is CNC(=O)CCN(C(=O)c1sc2ccc(-c3ccc(=O)n(C)c3)cc2c1C)C(C)c1cnco1. The average Bonchev–Trinajstić information content (AvgIpc) is 3.49. The highest BCUT2D eigenvalue weighted by molar-refractivity contribution is 7.21. The van der Waals surface area contributed by atoms with E-state index in [1.54, 1.807) is 48.1 Å². The maximum absolute atomic E-state index is 13.7. The van der Waals surface area contributed by atoms with Crippen LogP contribution in [0.3, 0.4) is 0 Å². The van der Waals surface area contributed by atoms with Crippen molar-refractivity contribution in [3.05, 3.63) is 75.7 Å². The van der Waals surface area contributed by atoms with Crippen molar-refractivity contribution in [3.63, 3.8) is 0 Å². The van der Waals surface area contributed by atoms with E-state index in [-0.39, 0.29) is 36.4 Å². The number of rotatable bonds is 7. The van der Waals surface area contributed by atoms with Crippen LogP contribution in [0.25, 0.3) is 21.2 Å². The summed E-state index contributed by atoms with van der Waals surface area (Å²) in [6, 6.07) is 9.00. The number of carbonyl (C=O) groups is 2. The maximum atomic E-state index is 13.7. The molecule has 1 N–H and O–H groups in total. The van der Waals surface area contributed by atoms with E-state index in [1.165, 1.54) is 17.7 Å². The smallest absolute Gasteiger partial charge is 0.264 e. The molecule has 0 aliphatic carbocycles. The van der Waals surface area contributed by atoms with Crippen LogP contribution < -0.4 is 10.9 Å². The van der Waals surface area contributed by atoms with E-state index in [1.807, 2.05) is 32.0 Å². The Morgan fingerprint density at radius 1 is 1.24 bits per heavy atom. The number of hydrogen-bond acceptors (Lipinski definition) is 6. The number of benzene rings is 1. The van der Waals surface area contributed by atoms with E-state index in [4.69, 9.17) is 4.42 Å². The van der Waals surface area contributed by atoms with Crippen molar-refractivity contribution in [1.82, 2.24) is 19.8 Å². The fourth-order valence-electron chi connectivity index (χ4n) is 3.90. The van der Waals surface area contributed by atoms with Crippen LogP contribution in [0.2, 0.25) is 0 Å². The number of thiophene rings is 1. The molecular formula is C25H26N4O4S. The summed E-state index contributed by atoms with van der Waals surface area (Å²) >= 11 is 1.43.